The van der Waals surface area contributed by atoms with E-state index < -0.39 is 5.60 Å². The highest BCUT2D eigenvalue weighted by Crippen LogP contribution is 2.30. The van der Waals surface area contributed by atoms with E-state index in [1.165, 1.54) is 0 Å². The van der Waals surface area contributed by atoms with Gasteiger partial charge in [-0.1, -0.05) is 24.3 Å². The van der Waals surface area contributed by atoms with Crippen LogP contribution in [0.3, 0.4) is 0 Å². The predicted molar refractivity (Wildman–Crippen MR) is 135 cm³/mol. The maximum absolute atomic E-state index is 13.0. The van der Waals surface area contributed by atoms with Crippen molar-refractivity contribution in [3.63, 3.8) is 0 Å². The van der Waals surface area contributed by atoms with Gasteiger partial charge < -0.3 is 19.9 Å². The molecule has 8 nitrogen and oxygen atoms in total. The molecule has 34 heavy (non-hydrogen) atoms. The van der Waals surface area contributed by atoms with Crippen LogP contribution in [-0.2, 0) is 0 Å². The van der Waals surface area contributed by atoms with Gasteiger partial charge in [-0.05, 0) is 45.2 Å². The highest BCUT2D eigenvalue weighted by molar-refractivity contribution is 5.95. The number of piperazine rings is 1. The second kappa shape index (κ2) is 9.27. The fraction of sp³-hybridized carbons (Fsp3) is 0.462. The lowest BCUT2D eigenvalue weighted by Gasteiger charge is -2.48. The molecule has 0 radical (unpaired) electrons. The maximum Gasteiger partial charge on any atom is 0.327 e. The monoisotopic (exact) mass is 462 g/mol. The van der Waals surface area contributed by atoms with Crippen molar-refractivity contribution in [3.8, 4) is 5.75 Å². The van der Waals surface area contributed by atoms with Gasteiger partial charge in [0.2, 0.25) is 0 Å². The van der Waals surface area contributed by atoms with Crippen molar-refractivity contribution in [1.29, 1.82) is 0 Å². The summed E-state index contributed by atoms with van der Waals surface area (Å²) in [6.07, 6.45) is 1.62. The number of anilines is 1. The summed E-state index contributed by atoms with van der Waals surface area (Å²) in [5, 5.41) is 3.00. The third kappa shape index (κ3) is 4.74. The molecule has 1 N–H and O–H groups in total. The Balaban J connectivity index is 1.22. The molecule has 2 aromatic carbocycles. The van der Waals surface area contributed by atoms with Crippen LogP contribution in [-0.4, -0.2) is 89.9 Å². The first-order valence-corrected chi connectivity index (χ1v) is 12.1. The lowest BCUT2D eigenvalue weighted by molar-refractivity contribution is 0.0964. The van der Waals surface area contributed by atoms with E-state index in [-0.39, 0.29) is 6.03 Å². The smallest absolute Gasteiger partial charge is 0.327 e. The van der Waals surface area contributed by atoms with Gasteiger partial charge in [0.15, 0.2) is 0 Å². The molecule has 8 heteroatoms. The molecule has 2 aliphatic rings. The Labute approximate surface area is 201 Å². The van der Waals surface area contributed by atoms with Crippen molar-refractivity contribution in [3.05, 3.63) is 54.9 Å². The van der Waals surface area contributed by atoms with Crippen LogP contribution >= 0.6 is 0 Å². The minimum absolute atomic E-state index is 0.205. The summed E-state index contributed by atoms with van der Waals surface area (Å²) in [4.78, 5) is 25.0. The summed E-state index contributed by atoms with van der Waals surface area (Å²) in [7, 11) is 2.19. The summed E-state index contributed by atoms with van der Waals surface area (Å²) < 4.78 is 7.64. The van der Waals surface area contributed by atoms with Crippen molar-refractivity contribution in [2.24, 2.45) is 0 Å². The number of hydrogen-bond donors (Lipinski definition) is 1. The van der Waals surface area contributed by atoms with Crippen molar-refractivity contribution in [1.82, 2.24) is 24.7 Å². The molecule has 1 amide bonds. The predicted octanol–water partition coefficient (Wildman–Crippen LogP) is 2.89. The van der Waals surface area contributed by atoms with Gasteiger partial charge >= 0.3 is 6.03 Å². The van der Waals surface area contributed by atoms with Gasteiger partial charge in [-0.25, -0.2) is 9.78 Å². The Kier molecular flexibility index (Phi) is 6.18. The zero-order valence-electron chi connectivity index (χ0n) is 20.3. The number of benzene rings is 2. The molecule has 2 saturated heterocycles. The van der Waals surface area contributed by atoms with Crippen LogP contribution in [0.1, 0.15) is 13.8 Å². The molecule has 2 aliphatic heterocycles. The Morgan fingerprint density at radius 1 is 1.06 bits per heavy atom. The van der Waals surface area contributed by atoms with E-state index >= 15 is 0 Å². The first-order valence-electron chi connectivity index (χ1n) is 12.1. The topological polar surface area (TPSA) is 65.9 Å². The molecular formula is C26H34N6O2. The number of ether oxygens (including phenoxy) is 1. The Hall–Kier alpha value is -3.10. The Bertz CT molecular complexity index is 1130. The standard InChI is InChI=1S/C26H34N6O2/c1-26(2,34-21-8-5-4-6-9-21)18-27-25(33)32-19-28-24-22(10-7-11-23(24)32)31-16-20(17-31)30-14-12-29(3)13-15-30/h4-11,19-20H,12-18H2,1-3H3,(H,27,33). The summed E-state index contributed by atoms with van der Waals surface area (Å²) in [6, 6.07) is 16.1. The van der Waals surface area contributed by atoms with Crippen LogP contribution < -0.4 is 15.0 Å². The minimum Gasteiger partial charge on any atom is -0.486 e. The number of imidazole rings is 1. The molecule has 0 atom stereocenters. The van der Waals surface area contributed by atoms with E-state index in [0.29, 0.717) is 12.6 Å². The van der Waals surface area contributed by atoms with Gasteiger partial charge in [0.25, 0.3) is 0 Å². The molecule has 0 aliphatic carbocycles. The molecule has 0 bridgehead atoms. The Morgan fingerprint density at radius 3 is 2.53 bits per heavy atom. The van der Waals surface area contributed by atoms with Gasteiger partial charge in [-0.2, -0.15) is 0 Å². The van der Waals surface area contributed by atoms with Crippen molar-refractivity contribution < 1.29 is 9.53 Å². The number of carbonyl (C=O) groups excluding carboxylic acids is 1. The normalized spacial score (nSPS) is 18.1. The average molecular weight is 463 g/mol. The van der Waals surface area contributed by atoms with Crippen molar-refractivity contribution in [2.45, 2.75) is 25.5 Å². The van der Waals surface area contributed by atoms with Crippen LogP contribution in [0.15, 0.2) is 54.9 Å². The third-order valence-corrected chi connectivity index (χ3v) is 6.83. The lowest BCUT2D eigenvalue weighted by Crippen LogP contribution is -2.63. The van der Waals surface area contributed by atoms with Crippen molar-refractivity contribution in [2.75, 3.05) is 57.8 Å². The number of rotatable bonds is 6. The average Bonchev–Trinajstić information content (AvgIpc) is 3.23. The zero-order valence-corrected chi connectivity index (χ0v) is 20.3. The minimum atomic E-state index is -0.547. The molecule has 3 heterocycles. The van der Waals surface area contributed by atoms with E-state index in [4.69, 9.17) is 4.74 Å². The first-order chi connectivity index (χ1) is 16.4. The molecule has 0 unspecified atom stereocenters. The molecular weight excluding hydrogens is 428 g/mol. The first kappa shape index (κ1) is 22.7. The third-order valence-electron chi connectivity index (χ3n) is 6.83. The molecule has 0 saturated carbocycles. The second-order valence-corrected chi connectivity index (χ2v) is 9.99. The molecule has 180 valence electrons. The van der Waals surface area contributed by atoms with E-state index in [0.717, 1.165) is 61.7 Å². The number of amides is 1. The van der Waals surface area contributed by atoms with Gasteiger partial charge in [0.1, 0.15) is 23.2 Å². The highest BCUT2D eigenvalue weighted by Gasteiger charge is 2.34. The number of para-hydroxylation sites is 2. The number of nitrogens with one attached hydrogen (secondary N) is 1. The quantitative estimate of drug-likeness (QED) is 0.608. The SMILES string of the molecule is CN1CCN(C2CN(c3cccc4c3ncn4C(=O)NCC(C)(C)Oc3ccccc3)C2)CC1. The van der Waals surface area contributed by atoms with E-state index in [1.807, 2.05) is 56.3 Å². The van der Waals surface area contributed by atoms with Crippen LogP contribution in [0.5, 0.6) is 5.75 Å². The number of nitrogens with zero attached hydrogens (tertiary/aromatic N) is 5. The van der Waals surface area contributed by atoms with Gasteiger partial charge in [0.05, 0.1) is 17.7 Å². The fourth-order valence-corrected chi connectivity index (χ4v) is 4.73. The lowest BCUT2D eigenvalue weighted by atomic mass is 10.0. The zero-order chi connectivity index (χ0) is 23.7. The summed E-state index contributed by atoms with van der Waals surface area (Å²) >= 11 is 0. The molecule has 3 aromatic rings. The van der Waals surface area contributed by atoms with Crippen LogP contribution in [0.4, 0.5) is 10.5 Å². The van der Waals surface area contributed by atoms with Crippen molar-refractivity contribution >= 4 is 22.8 Å². The van der Waals surface area contributed by atoms with Crippen LogP contribution in [0.2, 0.25) is 0 Å². The molecule has 2 fully saturated rings. The fourth-order valence-electron chi connectivity index (χ4n) is 4.73. The number of carbonyl (C=O) groups is 1. The summed E-state index contributed by atoms with van der Waals surface area (Å²) in [5.74, 6) is 0.781. The van der Waals surface area contributed by atoms with Gasteiger partial charge in [-0.15, -0.1) is 0 Å². The van der Waals surface area contributed by atoms with E-state index in [1.54, 1.807) is 10.9 Å². The van der Waals surface area contributed by atoms with Gasteiger partial charge in [-0.3, -0.25) is 9.47 Å². The molecule has 5 rings (SSSR count). The molecule has 0 spiro atoms. The Morgan fingerprint density at radius 2 is 1.79 bits per heavy atom. The van der Waals surface area contributed by atoms with Crippen LogP contribution in [0.25, 0.3) is 11.0 Å². The summed E-state index contributed by atoms with van der Waals surface area (Å²) in [5.41, 5.74) is 2.24. The number of fused-ring (bicyclic) bond motifs is 1. The van der Waals surface area contributed by atoms with Crippen LogP contribution in [0, 0.1) is 0 Å². The number of aromatic nitrogens is 2. The van der Waals surface area contributed by atoms with E-state index in [2.05, 4.69) is 38.1 Å². The number of likely N-dealkylation sites (N-methyl/N-ethyl adjacent to an activating group) is 1. The molecule has 1 aromatic heterocycles. The van der Waals surface area contributed by atoms with Gasteiger partial charge in [0, 0.05) is 45.3 Å². The summed E-state index contributed by atoms with van der Waals surface area (Å²) in [6.45, 7) is 10.9. The number of hydrogen-bond acceptors (Lipinski definition) is 6. The largest absolute Gasteiger partial charge is 0.486 e. The highest BCUT2D eigenvalue weighted by atomic mass is 16.5. The maximum atomic E-state index is 13.0. The van der Waals surface area contributed by atoms with E-state index in [9.17, 15) is 4.79 Å². The second-order valence-electron chi connectivity index (χ2n) is 9.99.